The third kappa shape index (κ3) is 4.13. The van der Waals surface area contributed by atoms with Crippen molar-refractivity contribution in [3.8, 4) is 11.4 Å². The standard InChI is InChI=1S/C20H25N3O4/c1-3-18-17(12-21-23(18)15-8-10-16(27-2)11-9-15)19(24)22-14-6-4-13(5-7-14)20(25)26/h8-14H,3-7H2,1-2H3,(H,22,24)(H,25,26). The Bertz CT molecular complexity index is 805. The first-order chi connectivity index (χ1) is 13.0. The van der Waals surface area contributed by atoms with E-state index in [1.54, 1.807) is 18.0 Å². The quantitative estimate of drug-likeness (QED) is 0.814. The lowest BCUT2D eigenvalue weighted by atomic mass is 9.86. The molecule has 0 aliphatic heterocycles. The van der Waals surface area contributed by atoms with Crippen LogP contribution in [0.2, 0.25) is 0 Å². The van der Waals surface area contributed by atoms with Crippen LogP contribution in [-0.4, -0.2) is 39.9 Å². The van der Waals surface area contributed by atoms with Crippen LogP contribution in [0.1, 0.15) is 48.7 Å². The van der Waals surface area contributed by atoms with Crippen LogP contribution in [0.25, 0.3) is 5.69 Å². The zero-order valence-corrected chi connectivity index (χ0v) is 15.6. The first-order valence-electron chi connectivity index (χ1n) is 9.28. The molecule has 3 rings (SSSR count). The minimum absolute atomic E-state index is 0.0159. The first kappa shape index (κ1) is 18.9. The Labute approximate surface area is 158 Å². The highest BCUT2D eigenvalue weighted by atomic mass is 16.5. The van der Waals surface area contributed by atoms with E-state index in [1.807, 2.05) is 31.2 Å². The summed E-state index contributed by atoms with van der Waals surface area (Å²) in [5, 5.41) is 16.5. The Balaban J connectivity index is 1.72. The van der Waals surface area contributed by atoms with E-state index in [9.17, 15) is 9.59 Å². The van der Waals surface area contributed by atoms with Crippen molar-refractivity contribution in [1.29, 1.82) is 0 Å². The number of nitrogens with one attached hydrogen (secondary N) is 1. The van der Waals surface area contributed by atoms with Gasteiger partial charge in [0.25, 0.3) is 5.91 Å². The second kappa shape index (κ2) is 8.24. The molecule has 144 valence electrons. The SMILES string of the molecule is CCc1c(C(=O)NC2CCC(C(=O)O)CC2)cnn1-c1ccc(OC)cc1. The van der Waals surface area contributed by atoms with E-state index < -0.39 is 5.97 Å². The van der Waals surface area contributed by atoms with Crippen LogP contribution in [0.3, 0.4) is 0 Å². The molecule has 0 spiro atoms. The number of aliphatic carboxylic acids is 1. The number of aromatic nitrogens is 2. The summed E-state index contributed by atoms with van der Waals surface area (Å²) in [5.74, 6) is -0.416. The molecule has 1 heterocycles. The molecule has 1 aromatic carbocycles. The number of methoxy groups -OCH3 is 1. The Kier molecular flexibility index (Phi) is 5.78. The number of hydrogen-bond acceptors (Lipinski definition) is 4. The Morgan fingerprint density at radius 2 is 1.89 bits per heavy atom. The Morgan fingerprint density at radius 1 is 1.22 bits per heavy atom. The number of carboxylic acid groups (broad SMARTS) is 1. The van der Waals surface area contributed by atoms with E-state index in [1.165, 1.54) is 0 Å². The molecule has 1 aromatic heterocycles. The van der Waals surface area contributed by atoms with Gasteiger partial charge in [-0.1, -0.05) is 6.92 Å². The highest BCUT2D eigenvalue weighted by Crippen LogP contribution is 2.25. The van der Waals surface area contributed by atoms with Gasteiger partial charge in [-0.3, -0.25) is 9.59 Å². The predicted octanol–water partition coefficient (Wildman–Crippen LogP) is 2.82. The number of ether oxygens (including phenoxy) is 1. The summed E-state index contributed by atoms with van der Waals surface area (Å²) in [5.41, 5.74) is 2.28. The molecule has 27 heavy (non-hydrogen) atoms. The lowest BCUT2D eigenvalue weighted by molar-refractivity contribution is -0.142. The summed E-state index contributed by atoms with van der Waals surface area (Å²) < 4.78 is 6.95. The van der Waals surface area contributed by atoms with Crippen LogP contribution >= 0.6 is 0 Å². The van der Waals surface area contributed by atoms with Crippen LogP contribution in [0.15, 0.2) is 30.5 Å². The molecule has 0 bridgehead atoms. The van der Waals surface area contributed by atoms with Gasteiger partial charge in [0.1, 0.15) is 5.75 Å². The van der Waals surface area contributed by atoms with Crippen LogP contribution in [0, 0.1) is 5.92 Å². The molecule has 1 saturated carbocycles. The maximum Gasteiger partial charge on any atom is 0.306 e. The van der Waals surface area contributed by atoms with Crippen molar-refractivity contribution >= 4 is 11.9 Å². The normalized spacial score (nSPS) is 19.5. The van der Waals surface area contributed by atoms with Crippen LogP contribution < -0.4 is 10.1 Å². The van der Waals surface area contributed by atoms with Crippen LogP contribution in [-0.2, 0) is 11.2 Å². The number of carboxylic acids is 1. The number of rotatable bonds is 6. The molecule has 0 radical (unpaired) electrons. The molecule has 0 unspecified atom stereocenters. The fourth-order valence-corrected chi connectivity index (χ4v) is 3.60. The van der Waals surface area contributed by atoms with Gasteiger partial charge < -0.3 is 15.2 Å². The topological polar surface area (TPSA) is 93.5 Å². The maximum absolute atomic E-state index is 12.8. The lowest BCUT2D eigenvalue weighted by Crippen LogP contribution is -2.39. The van der Waals surface area contributed by atoms with Gasteiger partial charge in [0.15, 0.2) is 0 Å². The number of carbonyl (C=O) groups is 2. The maximum atomic E-state index is 12.8. The number of benzene rings is 1. The summed E-state index contributed by atoms with van der Waals surface area (Å²) in [6, 6.07) is 7.54. The Morgan fingerprint density at radius 3 is 2.44 bits per heavy atom. The van der Waals surface area contributed by atoms with Crippen molar-refractivity contribution in [1.82, 2.24) is 15.1 Å². The number of nitrogens with zero attached hydrogens (tertiary/aromatic N) is 2. The van der Waals surface area contributed by atoms with Gasteiger partial charge >= 0.3 is 5.97 Å². The minimum atomic E-state index is -0.742. The average Bonchev–Trinajstić information content (AvgIpc) is 3.12. The van der Waals surface area contributed by atoms with Gasteiger partial charge in [0.2, 0.25) is 0 Å². The summed E-state index contributed by atoms with van der Waals surface area (Å²) in [6.45, 7) is 1.99. The highest BCUT2D eigenvalue weighted by Gasteiger charge is 2.28. The minimum Gasteiger partial charge on any atom is -0.497 e. The summed E-state index contributed by atoms with van der Waals surface area (Å²) in [7, 11) is 1.62. The number of carbonyl (C=O) groups excluding carboxylic acids is 1. The fourth-order valence-electron chi connectivity index (χ4n) is 3.60. The van der Waals surface area contributed by atoms with Gasteiger partial charge in [-0.25, -0.2) is 4.68 Å². The fraction of sp³-hybridized carbons (Fsp3) is 0.450. The summed E-state index contributed by atoms with van der Waals surface area (Å²) >= 11 is 0. The molecule has 1 amide bonds. The highest BCUT2D eigenvalue weighted by molar-refractivity contribution is 5.95. The van der Waals surface area contributed by atoms with Crippen molar-refractivity contribution in [3.05, 3.63) is 41.7 Å². The third-order valence-corrected chi connectivity index (χ3v) is 5.18. The molecule has 7 nitrogen and oxygen atoms in total. The monoisotopic (exact) mass is 371 g/mol. The summed E-state index contributed by atoms with van der Waals surface area (Å²) in [4.78, 5) is 23.8. The molecular weight excluding hydrogens is 346 g/mol. The number of hydrogen-bond donors (Lipinski definition) is 2. The molecule has 0 atom stereocenters. The van der Waals surface area contributed by atoms with E-state index in [2.05, 4.69) is 10.4 Å². The van der Waals surface area contributed by atoms with Crippen LogP contribution in [0.5, 0.6) is 5.75 Å². The van der Waals surface area contributed by atoms with E-state index in [0.717, 1.165) is 17.1 Å². The molecule has 7 heteroatoms. The van der Waals surface area contributed by atoms with Gasteiger partial charge in [0, 0.05) is 6.04 Å². The Hall–Kier alpha value is -2.83. The summed E-state index contributed by atoms with van der Waals surface area (Å²) in [6.07, 6.45) is 4.85. The van der Waals surface area contributed by atoms with E-state index in [4.69, 9.17) is 9.84 Å². The first-order valence-corrected chi connectivity index (χ1v) is 9.28. The average molecular weight is 371 g/mol. The van der Waals surface area contributed by atoms with Crippen molar-refractivity contribution in [2.75, 3.05) is 7.11 Å². The predicted molar refractivity (Wildman–Crippen MR) is 100 cm³/mol. The van der Waals surface area contributed by atoms with Crippen molar-refractivity contribution in [2.45, 2.75) is 45.1 Å². The zero-order chi connectivity index (χ0) is 19.4. The zero-order valence-electron chi connectivity index (χ0n) is 15.6. The van der Waals surface area contributed by atoms with E-state index in [0.29, 0.717) is 37.7 Å². The van der Waals surface area contributed by atoms with E-state index >= 15 is 0 Å². The largest absolute Gasteiger partial charge is 0.497 e. The van der Waals surface area contributed by atoms with Crippen molar-refractivity contribution in [2.24, 2.45) is 5.92 Å². The molecule has 0 saturated heterocycles. The van der Waals surface area contributed by atoms with E-state index in [-0.39, 0.29) is 17.9 Å². The van der Waals surface area contributed by atoms with Gasteiger partial charge in [-0.15, -0.1) is 0 Å². The molecule has 1 aliphatic rings. The second-order valence-corrected chi connectivity index (χ2v) is 6.83. The smallest absolute Gasteiger partial charge is 0.306 e. The molecule has 2 N–H and O–H groups in total. The van der Waals surface area contributed by atoms with Gasteiger partial charge in [0.05, 0.1) is 36.2 Å². The van der Waals surface area contributed by atoms with Gasteiger partial charge in [-0.2, -0.15) is 5.10 Å². The molecule has 1 fully saturated rings. The molecule has 2 aromatic rings. The molecule has 1 aliphatic carbocycles. The third-order valence-electron chi connectivity index (χ3n) is 5.18. The van der Waals surface area contributed by atoms with Crippen molar-refractivity contribution < 1.29 is 19.4 Å². The molecular formula is C20H25N3O4. The number of amides is 1. The lowest BCUT2D eigenvalue weighted by Gasteiger charge is -2.26. The van der Waals surface area contributed by atoms with Crippen molar-refractivity contribution in [3.63, 3.8) is 0 Å². The second-order valence-electron chi connectivity index (χ2n) is 6.83. The van der Waals surface area contributed by atoms with Crippen LogP contribution in [0.4, 0.5) is 0 Å². The van der Waals surface area contributed by atoms with Gasteiger partial charge in [-0.05, 0) is 56.4 Å².